The Morgan fingerprint density at radius 2 is 1.59 bits per heavy atom. The van der Waals surface area contributed by atoms with Crippen molar-refractivity contribution in [1.82, 2.24) is 10.2 Å². The molecule has 0 aliphatic rings. The van der Waals surface area contributed by atoms with Crippen LogP contribution in [0.4, 0.5) is 5.69 Å². The maximum Gasteiger partial charge on any atom is 0.264 e. The van der Waals surface area contributed by atoms with E-state index in [1.54, 1.807) is 42.5 Å². The number of nitrogens with one attached hydrogen (secondary N) is 1. The molecular formula is C30H36ClN3O4S. The van der Waals surface area contributed by atoms with E-state index in [-0.39, 0.29) is 28.1 Å². The van der Waals surface area contributed by atoms with E-state index < -0.39 is 34.1 Å². The average Bonchev–Trinajstić information content (AvgIpc) is 2.87. The van der Waals surface area contributed by atoms with Gasteiger partial charge in [-0.1, -0.05) is 78.7 Å². The van der Waals surface area contributed by atoms with E-state index in [4.69, 9.17) is 11.6 Å². The molecule has 3 aromatic rings. The van der Waals surface area contributed by atoms with E-state index in [1.165, 1.54) is 17.0 Å². The molecule has 9 heteroatoms. The molecule has 0 heterocycles. The largest absolute Gasteiger partial charge is 0.350 e. The van der Waals surface area contributed by atoms with Gasteiger partial charge in [-0.25, -0.2) is 8.42 Å². The molecule has 1 N–H and O–H groups in total. The molecule has 0 saturated heterocycles. The van der Waals surface area contributed by atoms with Gasteiger partial charge in [-0.3, -0.25) is 13.9 Å². The minimum atomic E-state index is -4.17. The fourth-order valence-corrected chi connectivity index (χ4v) is 6.01. The second-order valence-electron chi connectivity index (χ2n) is 10.5. The third kappa shape index (κ3) is 7.83. The Morgan fingerprint density at radius 1 is 0.949 bits per heavy atom. The summed E-state index contributed by atoms with van der Waals surface area (Å²) in [5.41, 5.74) is 1.51. The van der Waals surface area contributed by atoms with Crippen molar-refractivity contribution in [1.29, 1.82) is 0 Å². The Bertz CT molecular complexity index is 1400. The van der Waals surface area contributed by atoms with E-state index in [9.17, 15) is 18.0 Å². The predicted octanol–water partition coefficient (Wildman–Crippen LogP) is 5.57. The number of hydrogen-bond acceptors (Lipinski definition) is 4. The summed E-state index contributed by atoms with van der Waals surface area (Å²) in [6, 6.07) is 21.2. The lowest BCUT2D eigenvalue weighted by molar-refractivity contribution is -0.141. The van der Waals surface area contributed by atoms with E-state index in [0.717, 1.165) is 15.4 Å². The van der Waals surface area contributed by atoms with Crippen molar-refractivity contribution in [2.24, 2.45) is 0 Å². The third-order valence-electron chi connectivity index (χ3n) is 6.05. The van der Waals surface area contributed by atoms with Gasteiger partial charge in [0.25, 0.3) is 10.0 Å². The van der Waals surface area contributed by atoms with Crippen molar-refractivity contribution in [2.45, 2.75) is 64.1 Å². The van der Waals surface area contributed by atoms with Crippen LogP contribution in [0.25, 0.3) is 0 Å². The van der Waals surface area contributed by atoms with Crippen molar-refractivity contribution in [3.63, 3.8) is 0 Å². The maximum absolute atomic E-state index is 14.1. The topological polar surface area (TPSA) is 86.8 Å². The SMILES string of the molecule is CC[C@@H](C(=O)NC(C)(C)C)N(Cc1cccc(C)c1)C(=O)CN(c1ccccc1Cl)S(=O)(=O)c1ccccc1. The normalized spacial score (nSPS) is 12.5. The Labute approximate surface area is 236 Å². The van der Waals surface area contributed by atoms with Crippen molar-refractivity contribution in [3.8, 4) is 0 Å². The fourth-order valence-electron chi connectivity index (χ4n) is 4.27. The summed E-state index contributed by atoms with van der Waals surface area (Å²) in [4.78, 5) is 28.9. The van der Waals surface area contributed by atoms with Crippen LogP contribution < -0.4 is 9.62 Å². The molecule has 208 valence electrons. The number of aryl methyl sites for hydroxylation is 1. The first kappa shape index (κ1) is 30.2. The summed E-state index contributed by atoms with van der Waals surface area (Å²) >= 11 is 6.44. The van der Waals surface area contributed by atoms with Gasteiger partial charge in [0, 0.05) is 12.1 Å². The van der Waals surface area contributed by atoms with Crippen molar-refractivity contribution >= 4 is 39.1 Å². The number of anilines is 1. The van der Waals surface area contributed by atoms with Gasteiger partial charge in [-0.05, 0) is 63.9 Å². The van der Waals surface area contributed by atoms with Gasteiger partial charge in [0.15, 0.2) is 0 Å². The Balaban J connectivity index is 2.08. The summed E-state index contributed by atoms with van der Waals surface area (Å²) in [7, 11) is -4.17. The molecule has 0 aromatic heterocycles. The van der Waals surface area contributed by atoms with Gasteiger partial charge in [-0.15, -0.1) is 0 Å². The number of rotatable bonds is 10. The van der Waals surface area contributed by atoms with E-state index in [1.807, 2.05) is 58.9 Å². The van der Waals surface area contributed by atoms with Crippen molar-refractivity contribution in [3.05, 3.63) is 95.0 Å². The molecule has 7 nitrogen and oxygen atoms in total. The first-order chi connectivity index (χ1) is 18.3. The lowest BCUT2D eigenvalue weighted by Gasteiger charge is -2.35. The number of hydrogen-bond donors (Lipinski definition) is 1. The quantitative estimate of drug-likeness (QED) is 0.346. The molecule has 2 amide bonds. The predicted molar refractivity (Wildman–Crippen MR) is 156 cm³/mol. The Hall–Kier alpha value is -3.36. The monoisotopic (exact) mass is 569 g/mol. The van der Waals surface area contributed by atoms with Gasteiger partial charge in [0.05, 0.1) is 15.6 Å². The number of benzene rings is 3. The molecule has 1 atom stereocenters. The summed E-state index contributed by atoms with van der Waals surface area (Å²) in [6.07, 6.45) is 0.344. The highest BCUT2D eigenvalue weighted by molar-refractivity contribution is 7.92. The summed E-state index contributed by atoms with van der Waals surface area (Å²) in [5, 5.41) is 3.15. The first-order valence-electron chi connectivity index (χ1n) is 12.8. The zero-order chi connectivity index (χ0) is 28.8. The van der Waals surface area contributed by atoms with Crippen LogP contribution in [0.15, 0.2) is 83.8 Å². The summed E-state index contributed by atoms with van der Waals surface area (Å²) in [5.74, 6) is -0.826. The zero-order valence-corrected chi connectivity index (χ0v) is 24.6. The number of carbonyl (C=O) groups excluding carboxylic acids is 2. The highest BCUT2D eigenvalue weighted by atomic mass is 35.5. The standard InChI is InChI=1S/C30H36ClN3O4S/c1-6-26(29(36)32-30(3,4)5)33(20-23-14-12-13-22(2)19-23)28(35)21-34(27-18-11-10-17-25(27)31)39(37,38)24-15-8-7-9-16-24/h7-19,26H,6,20-21H2,1-5H3,(H,32,36)/t26-/m0/s1. The number of carbonyl (C=O) groups is 2. The molecule has 0 aliphatic heterocycles. The van der Waals surface area contributed by atoms with Crippen LogP contribution in [-0.2, 0) is 26.2 Å². The van der Waals surface area contributed by atoms with Crippen LogP contribution in [0, 0.1) is 6.92 Å². The smallest absolute Gasteiger partial charge is 0.264 e. The lowest BCUT2D eigenvalue weighted by Crippen LogP contribution is -2.55. The molecule has 0 aliphatic carbocycles. The molecule has 3 aromatic carbocycles. The molecule has 0 fully saturated rings. The van der Waals surface area contributed by atoms with Crippen LogP contribution in [0.3, 0.4) is 0 Å². The Morgan fingerprint density at radius 3 is 2.18 bits per heavy atom. The minimum Gasteiger partial charge on any atom is -0.350 e. The van der Waals surface area contributed by atoms with Gasteiger partial charge in [-0.2, -0.15) is 0 Å². The molecule has 0 spiro atoms. The lowest BCUT2D eigenvalue weighted by atomic mass is 10.0. The maximum atomic E-state index is 14.1. The molecular weight excluding hydrogens is 534 g/mol. The Kier molecular flexibility index (Phi) is 9.80. The van der Waals surface area contributed by atoms with Gasteiger partial charge in [0.1, 0.15) is 12.6 Å². The third-order valence-corrected chi connectivity index (χ3v) is 8.14. The van der Waals surface area contributed by atoms with Crippen molar-refractivity contribution < 1.29 is 18.0 Å². The molecule has 0 saturated carbocycles. The molecule has 0 radical (unpaired) electrons. The van der Waals surface area contributed by atoms with Gasteiger partial charge >= 0.3 is 0 Å². The zero-order valence-electron chi connectivity index (χ0n) is 23.0. The average molecular weight is 570 g/mol. The second kappa shape index (κ2) is 12.7. The number of para-hydroxylation sites is 1. The molecule has 0 unspecified atom stereocenters. The summed E-state index contributed by atoms with van der Waals surface area (Å²) < 4.78 is 28.7. The van der Waals surface area contributed by atoms with Crippen LogP contribution in [0.1, 0.15) is 45.2 Å². The van der Waals surface area contributed by atoms with Crippen LogP contribution in [0.2, 0.25) is 5.02 Å². The highest BCUT2D eigenvalue weighted by Gasteiger charge is 2.35. The minimum absolute atomic E-state index is 0.0282. The summed E-state index contributed by atoms with van der Waals surface area (Å²) in [6.45, 7) is 8.99. The van der Waals surface area contributed by atoms with Crippen LogP contribution in [0.5, 0.6) is 0 Å². The van der Waals surface area contributed by atoms with Crippen LogP contribution >= 0.6 is 11.6 Å². The molecule has 3 rings (SSSR count). The van der Waals surface area contributed by atoms with Gasteiger partial charge in [0.2, 0.25) is 11.8 Å². The number of amides is 2. The fraction of sp³-hybridized carbons (Fsp3) is 0.333. The van der Waals surface area contributed by atoms with E-state index >= 15 is 0 Å². The van der Waals surface area contributed by atoms with E-state index in [0.29, 0.717) is 6.42 Å². The van der Waals surface area contributed by atoms with Gasteiger partial charge < -0.3 is 10.2 Å². The first-order valence-corrected chi connectivity index (χ1v) is 14.6. The highest BCUT2D eigenvalue weighted by Crippen LogP contribution is 2.30. The van der Waals surface area contributed by atoms with Crippen LogP contribution in [-0.4, -0.2) is 43.3 Å². The molecule has 0 bridgehead atoms. The van der Waals surface area contributed by atoms with E-state index in [2.05, 4.69) is 5.32 Å². The van der Waals surface area contributed by atoms with Crippen molar-refractivity contribution in [2.75, 3.05) is 10.8 Å². The number of sulfonamides is 1. The number of nitrogens with zero attached hydrogens (tertiary/aromatic N) is 2. The number of halogens is 1. The molecule has 39 heavy (non-hydrogen) atoms. The second-order valence-corrected chi connectivity index (χ2v) is 12.7.